The van der Waals surface area contributed by atoms with Crippen LogP contribution in [0.4, 0.5) is 0 Å². The van der Waals surface area contributed by atoms with Crippen LogP contribution in [0.5, 0.6) is 0 Å². The number of carboxylic acids is 1. The number of carbonyl (C=O) groups excluding carboxylic acids is 2. The van der Waals surface area contributed by atoms with Gasteiger partial charge in [0.2, 0.25) is 5.91 Å². The van der Waals surface area contributed by atoms with Crippen LogP contribution in [0.25, 0.3) is 0 Å². The zero-order valence-corrected chi connectivity index (χ0v) is 19.5. The molecule has 28 heavy (non-hydrogen) atoms. The maximum Gasteiger partial charge on any atom is 1.00 e. The molecule has 1 aromatic carbocycles. The minimum absolute atomic E-state index is 0. The third-order valence-electron chi connectivity index (χ3n) is 5.96. The predicted molar refractivity (Wildman–Crippen MR) is 101 cm³/mol. The van der Waals surface area contributed by atoms with Crippen molar-refractivity contribution in [2.45, 2.75) is 76.9 Å². The van der Waals surface area contributed by atoms with Gasteiger partial charge in [0.15, 0.2) is 0 Å². The van der Waals surface area contributed by atoms with Crippen molar-refractivity contribution in [3.63, 3.8) is 0 Å². The van der Waals surface area contributed by atoms with E-state index in [1.165, 1.54) is 0 Å². The topological polar surface area (TPSA) is 78.5 Å². The van der Waals surface area contributed by atoms with Gasteiger partial charge in [0.1, 0.15) is 0 Å². The number of hydrogen-bond donors (Lipinski definition) is 1. The molecule has 3 rings (SSSR count). The van der Waals surface area contributed by atoms with Crippen molar-refractivity contribution in [2.24, 2.45) is 5.41 Å². The summed E-state index contributed by atoms with van der Waals surface area (Å²) in [4.78, 5) is 25.1. The Morgan fingerprint density at radius 3 is 2.64 bits per heavy atom. The summed E-state index contributed by atoms with van der Waals surface area (Å²) in [6.45, 7) is 7.00. The van der Waals surface area contributed by atoms with E-state index >= 15 is 0 Å². The number of carboxylic acid groups (broad SMARTS) is 1. The first-order chi connectivity index (χ1) is 12.7. The summed E-state index contributed by atoms with van der Waals surface area (Å²) in [5, 5.41) is 15.3. The van der Waals surface area contributed by atoms with Crippen LogP contribution in [0.2, 0.25) is 0 Å². The molecular weight excluding hydrogens is 365 g/mol. The Labute approximate surface area is 189 Å². The largest absolute Gasteiger partial charge is 1.00 e. The monoisotopic (exact) mass is 395 g/mol. The Kier molecular flexibility index (Phi) is 7.76. The van der Waals surface area contributed by atoms with Crippen LogP contribution in [0.1, 0.15) is 64.0 Å². The fourth-order valence-electron chi connectivity index (χ4n) is 4.70. The van der Waals surface area contributed by atoms with Gasteiger partial charge < -0.3 is 20.0 Å². The summed E-state index contributed by atoms with van der Waals surface area (Å²) in [6.07, 6.45) is 3.61. The molecule has 1 saturated heterocycles. The van der Waals surface area contributed by atoms with Gasteiger partial charge in [-0.25, -0.2) is 0 Å². The summed E-state index contributed by atoms with van der Waals surface area (Å²) in [6, 6.07) is 7.44. The van der Waals surface area contributed by atoms with Crippen LogP contribution in [0, 0.1) is 5.41 Å². The zero-order chi connectivity index (χ0) is 19.7. The van der Waals surface area contributed by atoms with Crippen molar-refractivity contribution in [3.05, 3.63) is 35.4 Å². The van der Waals surface area contributed by atoms with Crippen LogP contribution in [-0.2, 0) is 26.2 Å². The molecule has 2 aliphatic rings. The quantitative estimate of drug-likeness (QED) is 0.672. The first kappa shape index (κ1) is 23.4. The number of aryl methyl sites for hydroxylation is 1. The van der Waals surface area contributed by atoms with Crippen LogP contribution in [0.15, 0.2) is 24.3 Å². The van der Waals surface area contributed by atoms with Crippen molar-refractivity contribution in [1.29, 1.82) is 0 Å². The number of nitrogens with one attached hydrogen (secondary N) is 1. The van der Waals surface area contributed by atoms with Gasteiger partial charge in [-0.1, -0.05) is 45.0 Å². The molecule has 0 aromatic heterocycles. The van der Waals surface area contributed by atoms with E-state index in [2.05, 4.69) is 26.1 Å². The molecule has 5 nitrogen and oxygen atoms in total. The molecule has 3 atom stereocenters. The molecule has 1 fully saturated rings. The molecule has 0 saturated carbocycles. The molecule has 6 heteroatoms. The van der Waals surface area contributed by atoms with E-state index in [4.69, 9.17) is 4.74 Å². The molecule has 148 valence electrons. The molecule has 1 aromatic rings. The molecule has 0 radical (unpaired) electrons. The summed E-state index contributed by atoms with van der Waals surface area (Å²) in [5.74, 6) is -1.39. The number of ether oxygens (including phenoxy) is 1. The SMILES string of the molecule is CC(C)(C)C1OCCCC1NC(=O)CC1(C(=O)[O-])CCCc2ccccc21.[Na+]. The minimum Gasteiger partial charge on any atom is -0.549 e. The van der Waals surface area contributed by atoms with Gasteiger partial charge in [-0.05, 0) is 48.6 Å². The number of rotatable bonds is 4. The number of amides is 1. The molecule has 0 bridgehead atoms. The second-order valence-corrected chi connectivity index (χ2v) is 9.03. The Morgan fingerprint density at radius 2 is 1.96 bits per heavy atom. The molecule has 1 aliphatic carbocycles. The normalized spacial score (nSPS) is 27.2. The molecular formula is C22H30NNaO4. The van der Waals surface area contributed by atoms with Crippen molar-refractivity contribution < 1.29 is 49.0 Å². The Balaban J connectivity index is 0.00000280. The summed E-state index contributed by atoms with van der Waals surface area (Å²) >= 11 is 0. The second kappa shape index (κ2) is 9.29. The van der Waals surface area contributed by atoms with Gasteiger partial charge >= 0.3 is 29.6 Å². The molecule has 1 heterocycles. The maximum absolute atomic E-state index is 12.9. The van der Waals surface area contributed by atoms with Crippen molar-refractivity contribution in [2.75, 3.05) is 6.61 Å². The van der Waals surface area contributed by atoms with Gasteiger partial charge in [0.25, 0.3) is 0 Å². The van der Waals surface area contributed by atoms with E-state index in [0.717, 1.165) is 36.8 Å². The number of hydrogen-bond acceptors (Lipinski definition) is 4. The summed E-state index contributed by atoms with van der Waals surface area (Å²) in [5.41, 5.74) is 0.404. The van der Waals surface area contributed by atoms with Gasteiger partial charge in [-0.3, -0.25) is 4.79 Å². The van der Waals surface area contributed by atoms with Crippen molar-refractivity contribution >= 4 is 11.9 Å². The molecule has 3 unspecified atom stereocenters. The van der Waals surface area contributed by atoms with E-state index < -0.39 is 11.4 Å². The number of benzene rings is 1. The average molecular weight is 395 g/mol. The van der Waals surface area contributed by atoms with Gasteiger partial charge in [-0.2, -0.15) is 0 Å². The van der Waals surface area contributed by atoms with E-state index in [-0.39, 0.29) is 59.4 Å². The summed E-state index contributed by atoms with van der Waals surface area (Å²) < 4.78 is 5.93. The van der Waals surface area contributed by atoms with Crippen LogP contribution in [-0.4, -0.2) is 30.6 Å². The molecule has 1 amide bonds. The standard InChI is InChI=1S/C22H31NO4.Na/c1-21(2,3)19-17(11-7-13-27-19)23-18(24)14-22(20(25)26)12-6-9-15-8-4-5-10-16(15)22;/h4-5,8,10,17,19H,6-7,9,11-14H2,1-3H3,(H,23,24)(H,25,26);/q;+1/p-1. The van der Waals surface area contributed by atoms with E-state index in [9.17, 15) is 14.7 Å². The van der Waals surface area contributed by atoms with Crippen molar-refractivity contribution in [1.82, 2.24) is 5.32 Å². The third-order valence-corrected chi connectivity index (χ3v) is 5.96. The zero-order valence-electron chi connectivity index (χ0n) is 17.5. The predicted octanol–water partition coefficient (Wildman–Crippen LogP) is -0.885. The number of aliphatic carboxylic acids is 1. The maximum atomic E-state index is 12.9. The fraction of sp³-hybridized carbons (Fsp3) is 0.636. The number of carbonyl (C=O) groups is 2. The smallest absolute Gasteiger partial charge is 0.549 e. The molecule has 0 spiro atoms. The van der Waals surface area contributed by atoms with Crippen LogP contribution >= 0.6 is 0 Å². The number of fused-ring (bicyclic) bond motifs is 1. The van der Waals surface area contributed by atoms with Crippen molar-refractivity contribution in [3.8, 4) is 0 Å². The second-order valence-electron chi connectivity index (χ2n) is 9.03. The third kappa shape index (κ3) is 4.81. The van der Waals surface area contributed by atoms with Crippen LogP contribution < -0.4 is 40.0 Å². The van der Waals surface area contributed by atoms with Gasteiger partial charge in [-0.15, -0.1) is 0 Å². The van der Waals surface area contributed by atoms with E-state index in [1.54, 1.807) is 0 Å². The van der Waals surface area contributed by atoms with Gasteiger partial charge in [0.05, 0.1) is 18.1 Å². The fourth-order valence-corrected chi connectivity index (χ4v) is 4.70. The van der Waals surface area contributed by atoms with E-state index in [1.807, 2.05) is 24.3 Å². The Hall–Kier alpha value is -0.880. The van der Waals surface area contributed by atoms with Gasteiger partial charge in [0, 0.05) is 18.4 Å². The van der Waals surface area contributed by atoms with E-state index in [0.29, 0.717) is 13.0 Å². The Bertz CT molecular complexity index is 715. The Morgan fingerprint density at radius 1 is 1.25 bits per heavy atom. The average Bonchev–Trinajstić information content (AvgIpc) is 2.61. The molecule has 1 N–H and O–H groups in total. The first-order valence-electron chi connectivity index (χ1n) is 9.95. The molecule has 1 aliphatic heterocycles. The summed E-state index contributed by atoms with van der Waals surface area (Å²) in [7, 11) is 0. The first-order valence-corrected chi connectivity index (χ1v) is 9.95. The minimum atomic E-state index is -1.24. The van der Waals surface area contributed by atoms with Crippen LogP contribution in [0.3, 0.4) is 0 Å².